The van der Waals surface area contributed by atoms with E-state index in [1.165, 1.54) is 0 Å². The van der Waals surface area contributed by atoms with E-state index in [2.05, 4.69) is 14.1 Å². The topological polar surface area (TPSA) is 9.23 Å². The van der Waals surface area contributed by atoms with Gasteiger partial charge in [-0.05, 0) is 0 Å². The summed E-state index contributed by atoms with van der Waals surface area (Å²) >= 11 is 5.60. The van der Waals surface area contributed by atoms with Crippen LogP contribution in [0.4, 0.5) is 0 Å². The predicted octanol–water partition coefficient (Wildman–Crippen LogP) is -2.34. The standard InChI is InChI=1S/C6H13ClNO.ClH/c1-8(2)4-6(3-7)9-5-8;/h6H,3-5H2,1-2H3;1H/q+1;/p-1. The first-order chi connectivity index (χ1) is 4.14. The first kappa shape index (κ1) is 10.5. The third-order valence-corrected chi connectivity index (χ3v) is 1.87. The molecule has 1 fully saturated rings. The van der Waals surface area contributed by atoms with Crippen molar-refractivity contribution in [2.75, 3.05) is 33.3 Å². The molecular weight excluding hydrogens is 173 g/mol. The Hall–Kier alpha value is 0.500. The third-order valence-electron chi connectivity index (χ3n) is 1.53. The molecule has 0 N–H and O–H groups in total. The van der Waals surface area contributed by atoms with E-state index in [1.807, 2.05) is 0 Å². The number of likely N-dealkylation sites (N-methyl/N-ethyl adjacent to an activating group) is 1. The van der Waals surface area contributed by atoms with Crippen molar-refractivity contribution >= 4 is 11.6 Å². The average molecular weight is 186 g/mol. The molecule has 0 bridgehead atoms. The Bertz CT molecular complexity index is 108. The lowest BCUT2D eigenvalue weighted by Crippen LogP contribution is -3.00. The van der Waals surface area contributed by atoms with Crippen LogP contribution in [0.5, 0.6) is 0 Å². The summed E-state index contributed by atoms with van der Waals surface area (Å²) in [5, 5.41) is 0. The molecule has 0 saturated carbocycles. The molecule has 1 rings (SSSR count). The summed E-state index contributed by atoms with van der Waals surface area (Å²) in [5.74, 6) is 0.627. The summed E-state index contributed by atoms with van der Waals surface area (Å²) in [6.45, 7) is 1.85. The quantitative estimate of drug-likeness (QED) is 0.329. The van der Waals surface area contributed by atoms with Gasteiger partial charge in [-0.2, -0.15) is 0 Å². The highest BCUT2D eigenvalue weighted by molar-refractivity contribution is 6.18. The molecule has 2 nitrogen and oxygen atoms in total. The Balaban J connectivity index is 0.000000810. The number of ether oxygens (including phenoxy) is 1. The van der Waals surface area contributed by atoms with Crippen LogP contribution in [0.1, 0.15) is 0 Å². The summed E-state index contributed by atoms with van der Waals surface area (Å²) in [6, 6.07) is 0. The molecule has 0 aromatic rings. The number of nitrogens with zero attached hydrogens (tertiary/aromatic N) is 1. The second-order valence-electron chi connectivity index (χ2n) is 3.19. The van der Waals surface area contributed by atoms with Crippen LogP contribution in [0.25, 0.3) is 0 Å². The van der Waals surface area contributed by atoms with E-state index in [0.717, 1.165) is 17.8 Å². The fourth-order valence-corrected chi connectivity index (χ4v) is 1.24. The van der Waals surface area contributed by atoms with Gasteiger partial charge in [-0.25, -0.2) is 0 Å². The van der Waals surface area contributed by atoms with Gasteiger partial charge in [0.25, 0.3) is 0 Å². The second kappa shape index (κ2) is 3.77. The van der Waals surface area contributed by atoms with Crippen molar-refractivity contribution in [1.29, 1.82) is 0 Å². The molecule has 1 saturated heterocycles. The third kappa shape index (κ3) is 2.62. The van der Waals surface area contributed by atoms with Gasteiger partial charge in [0.1, 0.15) is 12.6 Å². The Morgan fingerprint density at radius 3 is 2.40 bits per heavy atom. The van der Waals surface area contributed by atoms with Crippen LogP contribution in [-0.4, -0.2) is 43.8 Å². The number of hydrogen-bond acceptors (Lipinski definition) is 1. The Morgan fingerprint density at radius 2 is 2.20 bits per heavy atom. The van der Waals surface area contributed by atoms with E-state index in [-0.39, 0.29) is 18.5 Å². The van der Waals surface area contributed by atoms with Crippen LogP contribution in [0.15, 0.2) is 0 Å². The number of halogens is 2. The Kier molecular flexibility index (Phi) is 3.95. The van der Waals surface area contributed by atoms with Crippen molar-refractivity contribution in [3.05, 3.63) is 0 Å². The van der Waals surface area contributed by atoms with Crippen molar-refractivity contribution in [3.8, 4) is 0 Å². The van der Waals surface area contributed by atoms with E-state index >= 15 is 0 Å². The zero-order chi connectivity index (χ0) is 6.91. The van der Waals surface area contributed by atoms with Gasteiger partial charge in [0.15, 0.2) is 6.73 Å². The van der Waals surface area contributed by atoms with Gasteiger partial charge in [-0.1, -0.05) is 0 Å². The zero-order valence-electron chi connectivity index (χ0n) is 6.31. The summed E-state index contributed by atoms with van der Waals surface area (Å²) in [7, 11) is 4.29. The number of rotatable bonds is 1. The monoisotopic (exact) mass is 185 g/mol. The number of alkyl halides is 1. The summed E-state index contributed by atoms with van der Waals surface area (Å²) < 4.78 is 6.30. The van der Waals surface area contributed by atoms with Crippen LogP contribution >= 0.6 is 11.6 Å². The molecule has 4 heteroatoms. The summed E-state index contributed by atoms with van der Waals surface area (Å²) in [5.41, 5.74) is 0. The minimum Gasteiger partial charge on any atom is -1.00 e. The molecular formula is C6H13Cl2NO. The van der Waals surface area contributed by atoms with Gasteiger partial charge in [0, 0.05) is 0 Å². The molecule has 1 unspecified atom stereocenters. The largest absolute Gasteiger partial charge is 1.00 e. The first-order valence-electron chi connectivity index (χ1n) is 3.14. The van der Waals surface area contributed by atoms with Gasteiger partial charge in [0.2, 0.25) is 0 Å². The van der Waals surface area contributed by atoms with E-state index in [1.54, 1.807) is 0 Å². The second-order valence-corrected chi connectivity index (χ2v) is 3.50. The maximum atomic E-state index is 5.60. The lowest BCUT2D eigenvalue weighted by atomic mass is 10.4. The van der Waals surface area contributed by atoms with Gasteiger partial charge in [0.05, 0.1) is 20.0 Å². The molecule has 1 aliphatic rings. The maximum absolute atomic E-state index is 5.60. The molecule has 0 amide bonds. The molecule has 0 aliphatic carbocycles. The van der Waals surface area contributed by atoms with Crippen LogP contribution in [0, 0.1) is 0 Å². The van der Waals surface area contributed by atoms with Crippen molar-refractivity contribution < 1.29 is 21.6 Å². The van der Waals surface area contributed by atoms with E-state index < -0.39 is 0 Å². The molecule has 1 atom stereocenters. The summed E-state index contributed by atoms with van der Waals surface area (Å²) in [6.07, 6.45) is 0.279. The zero-order valence-corrected chi connectivity index (χ0v) is 7.82. The average Bonchev–Trinajstić information content (AvgIpc) is 2.10. The van der Waals surface area contributed by atoms with Crippen LogP contribution in [0.2, 0.25) is 0 Å². The van der Waals surface area contributed by atoms with E-state index in [0.29, 0.717) is 5.88 Å². The SMILES string of the molecule is C[N+]1(C)COC(CCl)C1.[Cl-]. The molecule has 62 valence electrons. The van der Waals surface area contributed by atoms with Crippen LogP contribution in [0.3, 0.4) is 0 Å². The van der Waals surface area contributed by atoms with Crippen molar-refractivity contribution in [2.45, 2.75) is 6.10 Å². The molecule has 1 aliphatic heterocycles. The minimum absolute atomic E-state index is 0. The smallest absolute Gasteiger partial charge is 0.183 e. The highest BCUT2D eigenvalue weighted by Crippen LogP contribution is 2.13. The number of hydrogen-bond donors (Lipinski definition) is 0. The van der Waals surface area contributed by atoms with Crippen molar-refractivity contribution in [2.24, 2.45) is 0 Å². The maximum Gasteiger partial charge on any atom is 0.183 e. The number of quaternary nitrogens is 1. The predicted molar refractivity (Wildman–Crippen MR) is 37.4 cm³/mol. The molecule has 0 aromatic carbocycles. The highest BCUT2D eigenvalue weighted by atomic mass is 35.5. The van der Waals surface area contributed by atoms with Crippen LogP contribution in [-0.2, 0) is 4.74 Å². The Morgan fingerprint density at radius 1 is 1.60 bits per heavy atom. The van der Waals surface area contributed by atoms with Crippen molar-refractivity contribution in [3.63, 3.8) is 0 Å². The normalized spacial score (nSPS) is 29.7. The van der Waals surface area contributed by atoms with Gasteiger partial charge in [-0.3, -0.25) is 0 Å². The van der Waals surface area contributed by atoms with Gasteiger partial charge < -0.3 is 21.6 Å². The lowest BCUT2D eigenvalue weighted by Gasteiger charge is -2.19. The molecule has 0 spiro atoms. The lowest BCUT2D eigenvalue weighted by molar-refractivity contribution is -0.887. The van der Waals surface area contributed by atoms with Crippen LogP contribution < -0.4 is 12.4 Å². The van der Waals surface area contributed by atoms with Crippen molar-refractivity contribution in [1.82, 2.24) is 0 Å². The fourth-order valence-electron chi connectivity index (χ4n) is 1.06. The molecule has 10 heavy (non-hydrogen) atoms. The molecule has 1 heterocycles. The van der Waals surface area contributed by atoms with E-state index in [9.17, 15) is 0 Å². The summed E-state index contributed by atoms with van der Waals surface area (Å²) in [4.78, 5) is 0. The van der Waals surface area contributed by atoms with Gasteiger partial charge in [-0.15, -0.1) is 11.6 Å². The first-order valence-corrected chi connectivity index (χ1v) is 3.67. The molecule has 0 radical (unpaired) electrons. The molecule has 0 aromatic heterocycles. The highest BCUT2D eigenvalue weighted by Gasteiger charge is 2.30. The fraction of sp³-hybridized carbons (Fsp3) is 1.00. The van der Waals surface area contributed by atoms with E-state index in [4.69, 9.17) is 16.3 Å². The van der Waals surface area contributed by atoms with Gasteiger partial charge >= 0.3 is 0 Å². The Labute approximate surface area is 73.1 Å². The minimum atomic E-state index is 0.